The van der Waals surface area contributed by atoms with Crippen LogP contribution in [0.25, 0.3) is 0 Å². The number of carbonyl (C=O) groups is 1. The third-order valence-corrected chi connectivity index (χ3v) is 3.19. The van der Waals surface area contributed by atoms with Crippen LogP contribution in [0.2, 0.25) is 0 Å². The Morgan fingerprint density at radius 3 is 2.26 bits per heavy atom. The van der Waals surface area contributed by atoms with Gasteiger partial charge in [-0.05, 0) is 37.5 Å². The van der Waals surface area contributed by atoms with Gasteiger partial charge in [0.25, 0.3) is 0 Å². The number of esters is 1. The number of hydrogen-bond acceptors (Lipinski definition) is 2. The molecule has 0 N–H and O–H groups in total. The monoisotopic (exact) mass is 254 g/mol. The van der Waals surface area contributed by atoms with Crippen LogP contribution in [0.1, 0.15) is 32.6 Å². The van der Waals surface area contributed by atoms with Crippen molar-refractivity contribution in [1.82, 2.24) is 0 Å². The SMILES string of the molecule is COC(=O)c1cc(C)ccc1Cc1ccc(C)cc1. The molecule has 0 aliphatic rings. The number of rotatable bonds is 3. The van der Waals surface area contributed by atoms with Gasteiger partial charge in [-0.2, -0.15) is 0 Å². The highest BCUT2D eigenvalue weighted by atomic mass is 16.5. The fourth-order valence-electron chi connectivity index (χ4n) is 2.07. The highest BCUT2D eigenvalue weighted by molar-refractivity contribution is 5.91. The van der Waals surface area contributed by atoms with Crippen LogP contribution in [0.5, 0.6) is 0 Å². The van der Waals surface area contributed by atoms with Gasteiger partial charge in [0.2, 0.25) is 0 Å². The van der Waals surface area contributed by atoms with Crippen LogP contribution in [-0.2, 0) is 11.2 Å². The van der Waals surface area contributed by atoms with E-state index in [9.17, 15) is 4.79 Å². The molecule has 0 aliphatic heterocycles. The maximum Gasteiger partial charge on any atom is 0.338 e. The highest BCUT2D eigenvalue weighted by Crippen LogP contribution is 2.17. The van der Waals surface area contributed by atoms with Gasteiger partial charge in [0, 0.05) is 0 Å². The number of carbonyl (C=O) groups excluding carboxylic acids is 1. The first-order valence-electron chi connectivity index (χ1n) is 6.33. The first-order valence-corrected chi connectivity index (χ1v) is 6.33. The number of aryl methyl sites for hydroxylation is 2. The Kier molecular flexibility index (Phi) is 4.00. The largest absolute Gasteiger partial charge is 0.465 e. The molecule has 0 fully saturated rings. The van der Waals surface area contributed by atoms with E-state index in [1.807, 2.05) is 25.1 Å². The van der Waals surface area contributed by atoms with Gasteiger partial charge < -0.3 is 4.74 Å². The van der Waals surface area contributed by atoms with E-state index in [1.54, 1.807) is 0 Å². The maximum absolute atomic E-state index is 11.8. The quantitative estimate of drug-likeness (QED) is 0.781. The summed E-state index contributed by atoms with van der Waals surface area (Å²) in [7, 11) is 1.42. The van der Waals surface area contributed by atoms with Crippen LogP contribution < -0.4 is 0 Å². The molecular weight excluding hydrogens is 236 g/mol. The summed E-state index contributed by atoms with van der Waals surface area (Å²) in [4.78, 5) is 11.8. The summed E-state index contributed by atoms with van der Waals surface area (Å²) in [6.45, 7) is 4.04. The van der Waals surface area contributed by atoms with Crippen molar-refractivity contribution in [3.63, 3.8) is 0 Å². The smallest absolute Gasteiger partial charge is 0.338 e. The molecule has 0 aliphatic carbocycles. The Morgan fingerprint density at radius 1 is 1.00 bits per heavy atom. The first kappa shape index (κ1) is 13.3. The molecule has 0 spiro atoms. The van der Waals surface area contributed by atoms with Crippen LogP contribution in [0.4, 0.5) is 0 Å². The predicted octanol–water partition coefficient (Wildman–Crippen LogP) is 3.68. The van der Waals surface area contributed by atoms with Crippen molar-refractivity contribution < 1.29 is 9.53 Å². The molecule has 0 saturated carbocycles. The van der Waals surface area contributed by atoms with E-state index in [2.05, 4.69) is 31.2 Å². The molecule has 0 saturated heterocycles. The molecule has 0 amide bonds. The molecule has 19 heavy (non-hydrogen) atoms. The summed E-state index contributed by atoms with van der Waals surface area (Å²) >= 11 is 0. The summed E-state index contributed by atoms with van der Waals surface area (Å²) in [6.07, 6.45) is 0.741. The molecule has 98 valence electrons. The topological polar surface area (TPSA) is 26.3 Å². The van der Waals surface area contributed by atoms with Gasteiger partial charge in [-0.15, -0.1) is 0 Å². The van der Waals surface area contributed by atoms with Crippen molar-refractivity contribution in [2.75, 3.05) is 7.11 Å². The molecule has 2 aromatic rings. The zero-order chi connectivity index (χ0) is 13.8. The standard InChI is InChI=1S/C17H18O2/c1-12-4-7-14(8-5-12)11-15-9-6-13(2)10-16(15)17(18)19-3/h4-10H,11H2,1-3H3. The first-order chi connectivity index (χ1) is 9.10. The van der Waals surface area contributed by atoms with E-state index < -0.39 is 0 Å². The Balaban J connectivity index is 2.34. The Labute approximate surface area is 114 Å². The molecule has 2 heteroatoms. The number of benzene rings is 2. The fraction of sp³-hybridized carbons (Fsp3) is 0.235. The second-order valence-corrected chi connectivity index (χ2v) is 4.81. The molecule has 2 aromatic carbocycles. The van der Waals surface area contributed by atoms with Crippen molar-refractivity contribution in [2.45, 2.75) is 20.3 Å². The van der Waals surface area contributed by atoms with E-state index in [1.165, 1.54) is 18.2 Å². The lowest BCUT2D eigenvalue weighted by Crippen LogP contribution is -2.06. The van der Waals surface area contributed by atoms with E-state index in [-0.39, 0.29) is 5.97 Å². The van der Waals surface area contributed by atoms with E-state index in [4.69, 9.17) is 4.74 Å². The third-order valence-electron chi connectivity index (χ3n) is 3.19. The normalized spacial score (nSPS) is 10.3. The third kappa shape index (κ3) is 3.22. The van der Waals surface area contributed by atoms with Crippen molar-refractivity contribution in [2.24, 2.45) is 0 Å². The van der Waals surface area contributed by atoms with Gasteiger partial charge in [-0.25, -0.2) is 4.79 Å². The molecule has 0 atom stereocenters. The van der Waals surface area contributed by atoms with Crippen molar-refractivity contribution in [1.29, 1.82) is 0 Å². The summed E-state index contributed by atoms with van der Waals surface area (Å²) < 4.78 is 4.85. The second-order valence-electron chi connectivity index (χ2n) is 4.81. The van der Waals surface area contributed by atoms with Crippen LogP contribution in [0.3, 0.4) is 0 Å². The van der Waals surface area contributed by atoms with E-state index in [0.29, 0.717) is 5.56 Å². The summed E-state index contributed by atoms with van der Waals surface area (Å²) in [5, 5.41) is 0. The minimum Gasteiger partial charge on any atom is -0.465 e. The predicted molar refractivity (Wildman–Crippen MR) is 76.5 cm³/mol. The summed E-state index contributed by atoms with van der Waals surface area (Å²) in [6, 6.07) is 14.3. The molecule has 0 heterocycles. The van der Waals surface area contributed by atoms with Crippen LogP contribution in [-0.4, -0.2) is 13.1 Å². The molecular formula is C17H18O2. The van der Waals surface area contributed by atoms with Gasteiger partial charge in [0.15, 0.2) is 0 Å². The van der Waals surface area contributed by atoms with Crippen molar-refractivity contribution >= 4 is 5.97 Å². The van der Waals surface area contributed by atoms with Gasteiger partial charge in [0.05, 0.1) is 12.7 Å². The number of methoxy groups -OCH3 is 1. The average Bonchev–Trinajstić information content (AvgIpc) is 2.42. The zero-order valence-corrected chi connectivity index (χ0v) is 11.6. The average molecular weight is 254 g/mol. The van der Waals surface area contributed by atoms with Crippen LogP contribution >= 0.6 is 0 Å². The van der Waals surface area contributed by atoms with E-state index in [0.717, 1.165) is 17.5 Å². The Hall–Kier alpha value is -2.09. The Bertz CT molecular complexity index is 583. The summed E-state index contributed by atoms with van der Waals surface area (Å²) in [5.74, 6) is -0.272. The maximum atomic E-state index is 11.8. The zero-order valence-electron chi connectivity index (χ0n) is 11.6. The molecule has 0 unspecified atom stereocenters. The Morgan fingerprint density at radius 2 is 1.63 bits per heavy atom. The second kappa shape index (κ2) is 5.70. The molecule has 0 bridgehead atoms. The summed E-state index contributed by atoms with van der Waals surface area (Å²) in [5.41, 5.74) is 5.15. The van der Waals surface area contributed by atoms with Gasteiger partial charge in [-0.1, -0.05) is 47.5 Å². The lowest BCUT2D eigenvalue weighted by Gasteiger charge is -2.09. The number of ether oxygens (including phenoxy) is 1. The van der Waals surface area contributed by atoms with Gasteiger partial charge >= 0.3 is 5.97 Å². The lowest BCUT2D eigenvalue weighted by atomic mass is 9.97. The minimum atomic E-state index is -0.272. The fourth-order valence-corrected chi connectivity index (χ4v) is 2.07. The van der Waals surface area contributed by atoms with Crippen LogP contribution in [0.15, 0.2) is 42.5 Å². The van der Waals surface area contributed by atoms with Crippen LogP contribution in [0, 0.1) is 13.8 Å². The molecule has 0 aromatic heterocycles. The van der Waals surface area contributed by atoms with Crippen molar-refractivity contribution in [3.05, 3.63) is 70.3 Å². The molecule has 2 nitrogen and oxygen atoms in total. The minimum absolute atomic E-state index is 0.272. The van der Waals surface area contributed by atoms with E-state index >= 15 is 0 Å². The van der Waals surface area contributed by atoms with Crippen molar-refractivity contribution in [3.8, 4) is 0 Å². The van der Waals surface area contributed by atoms with Gasteiger partial charge in [-0.3, -0.25) is 0 Å². The molecule has 2 rings (SSSR count). The lowest BCUT2D eigenvalue weighted by molar-refractivity contribution is 0.0599. The highest BCUT2D eigenvalue weighted by Gasteiger charge is 2.12. The molecule has 0 radical (unpaired) electrons. The van der Waals surface area contributed by atoms with Gasteiger partial charge in [0.1, 0.15) is 0 Å². The number of hydrogen-bond donors (Lipinski definition) is 0.